The summed E-state index contributed by atoms with van der Waals surface area (Å²) >= 11 is 0. The predicted octanol–water partition coefficient (Wildman–Crippen LogP) is 2.13. The van der Waals surface area contributed by atoms with Gasteiger partial charge >= 0.3 is 0 Å². The highest BCUT2D eigenvalue weighted by atomic mass is 15.4. The zero-order chi connectivity index (χ0) is 9.26. The van der Waals surface area contributed by atoms with Crippen LogP contribution in [0.4, 0.5) is 0 Å². The Bertz CT molecular complexity index is 290. The Balaban J connectivity index is 2.25. The maximum atomic E-state index is 4.57. The normalized spacial score (nSPS) is 21.5. The van der Waals surface area contributed by atoms with E-state index in [0.717, 1.165) is 25.2 Å². The van der Waals surface area contributed by atoms with Crippen molar-refractivity contribution in [1.82, 2.24) is 14.8 Å². The van der Waals surface area contributed by atoms with E-state index in [1.807, 2.05) is 0 Å². The molecule has 0 amide bonds. The van der Waals surface area contributed by atoms with Crippen LogP contribution in [0.5, 0.6) is 0 Å². The van der Waals surface area contributed by atoms with Crippen LogP contribution in [0.15, 0.2) is 0 Å². The molecule has 1 atom stereocenters. The number of hydrogen-bond acceptors (Lipinski definition) is 2. The Morgan fingerprint density at radius 1 is 1.54 bits per heavy atom. The van der Waals surface area contributed by atoms with E-state index < -0.39 is 0 Å². The van der Waals surface area contributed by atoms with Gasteiger partial charge in [0.1, 0.15) is 5.82 Å². The number of fused-ring (bicyclic) bond motifs is 1. The van der Waals surface area contributed by atoms with Crippen LogP contribution in [0.2, 0.25) is 0 Å². The lowest BCUT2D eigenvalue weighted by molar-refractivity contribution is 0.431. The molecule has 0 saturated carbocycles. The number of rotatable bonds is 2. The highest BCUT2D eigenvalue weighted by Crippen LogP contribution is 2.24. The Morgan fingerprint density at radius 2 is 2.38 bits per heavy atom. The summed E-state index contributed by atoms with van der Waals surface area (Å²) in [7, 11) is 0. The Hall–Kier alpha value is -0.860. The molecule has 3 heteroatoms. The van der Waals surface area contributed by atoms with Crippen molar-refractivity contribution in [3.05, 3.63) is 11.6 Å². The van der Waals surface area contributed by atoms with Gasteiger partial charge in [0.05, 0.1) is 0 Å². The Kier molecular flexibility index (Phi) is 2.34. The van der Waals surface area contributed by atoms with E-state index in [9.17, 15) is 0 Å². The van der Waals surface area contributed by atoms with Gasteiger partial charge in [0, 0.05) is 18.9 Å². The molecule has 1 aliphatic heterocycles. The van der Waals surface area contributed by atoms with Crippen molar-refractivity contribution in [2.45, 2.75) is 52.0 Å². The molecule has 1 aliphatic rings. The fourth-order valence-electron chi connectivity index (χ4n) is 1.94. The fourth-order valence-corrected chi connectivity index (χ4v) is 1.94. The lowest BCUT2D eigenvalue weighted by atomic mass is 10.0. The van der Waals surface area contributed by atoms with Gasteiger partial charge in [0.2, 0.25) is 0 Å². The molecule has 13 heavy (non-hydrogen) atoms. The average Bonchev–Trinajstić information content (AvgIpc) is 2.49. The van der Waals surface area contributed by atoms with Gasteiger partial charge in [-0.05, 0) is 19.3 Å². The zero-order valence-electron chi connectivity index (χ0n) is 8.45. The molecule has 0 bridgehead atoms. The first kappa shape index (κ1) is 8.73. The second-order valence-electron chi connectivity index (χ2n) is 3.90. The second kappa shape index (κ2) is 3.48. The zero-order valence-corrected chi connectivity index (χ0v) is 8.45. The molecule has 1 aromatic heterocycles. The minimum atomic E-state index is 0.604. The summed E-state index contributed by atoms with van der Waals surface area (Å²) in [4.78, 5) is 4.57. The number of aryl methyl sites for hydroxylation is 2. The van der Waals surface area contributed by atoms with Crippen LogP contribution in [0.1, 0.15) is 50.7 Å². The van der Waals surface area contributed by atoms with E-state index >= 15 is 0 Å². The monoisotopic (exact) mass is 179 g/mol. The molecule has 2 heterocycles. The molecule has 1 aromatic rings. The van der Waals surface area contributed by atoms with Gasteiger partial charge in [-0.15, -0.1) is 0 Å². The van der Waals surface area contributed by atoms with Crippen molar-refractivity contribution in [3.8, 4) is 0 Å². The quantitative estimate of drug-likeness (QED) is 0.696. The van der Waals surface area contributed by atoms with Crippen LogP contribution in [0.3, 0.4) is 0 Å². The molecular formula is C10H17N3. The second-order valence-corrected chi connectivity index (χ2v) is 3.90. The van der Waals surface area contributed by atoms with Gasteiger partial charge in [-0.2, -0.15) is 5.10 Å². The minimum absolute atomic E-state index is 0.604. The van der Waals surface area contributed by atoms with Crippen molar-refractivity contribution in [1.29, 1.82) is 0 Å². The highest BCUT2D eigenvalue weighted by molar-refractivity contribution is 5.01. The standard InChI is InChI=1S/C10H17N3/c1-3-5-9-11-10-8(2)6-4-7-13(10)12-9/h8H,3-7H2,1-2H3. The lowest BCUT2D eigenvalue weighted by Gasteiger charge is -2.17. The first-order valence-electron chi connectivity index (χ1n) is 5.25. The summed E-state index contributed by atoms with van der Waals surface area (Å²) in [6, 6.07) is 0. The third-order valence-corrected chi connectivity index (χ3v) is 2.67. The van der Waals surface area contributed by atoms with Crippen LogP contribution >= 0.6 is 0 Å². The third-order valence-electron chi connectivity index (χ3n) is 2.67. The summed E-state index contributed by atoms with van der Waals surface area (Å²) in [5.74, 6) is 2.84. The number of hydrogen-bond donors (Lipinski definition) is 0. The molecule has 0 spiro atoms. The van der Waals surface area contributed by atoms with Gasteiger partial charge in [-0.25, -0.2) is 9.67 Å². The summed E-state index contributed by atoms with van der Waals surface area (Å²) < 4.78 is 2.10. The van der Waals surface area contributed by atoms with Crippen molar-refractivity contribution >= 4 is 0 Å². The van der Waals surface area contributed by atoms with Crippen molar-refractivity contribution < 1.29 is 0 Å². The molecule has 0 N–H and O–H groups in total. The Labute approximate surface area is 79.2 Å². The molecular weight excluding hydrogens is 162 g/mol. The Morgan fingerprint density at radius 3 is 3.08 bits per heavy atom. The molecule has 0 aromatic carbocycles. The summed E-state index contributed by atoms with van der Waals surface area (Å²) in [5.41, 5.74) is 0. The van der Waals surface area contributed by atoms with Crippen molar-refractivity contribution in [2.24, 2.45) is 0 Å². The van der Waals surface area contributed by atoms with Crippen LogP contribution in [0.25, 0.3) is 0 Å². The first-order chi connectivity index (χ1) is 6.31. The molecule has 0 saturated heterocycles. The fraction of sp³-hybridized carbons (Fsp3) is 0.800. The predicted molar refractivity (Wildman–Crippen MR) is 51.7 cm³/mol. The maximum Gasteiger partial charge on any atom is 0.150 e. The largest absolute Gasteiger partial charge is 0.250 e. The molecule has 72 valence electrons. The number of aromatic nitrogens is 3. The van der Waals surface area contributed by atoms with Gasteiger partial charge in [0.25, 0.3) is 0 Å². The SMILES string of the molecule is CCCc1nc2n(n1)CCCC2C. The third kappa shape index (κ3) is 1.60. The maximum absolute atomic E-state index is 4.57. The van der Waals surface area contributed by atoms with Crippen LogP contribution in [-0.2, 0) is 13.0 Å². The van der Waals surface area contributed by atoms with Crippen LogP contribution in [-0.4, -0.2) is 14.8 Å². The van der Waals surface area contributed by atoms with E-state index in [1.54, 1.807) is 0 Å². The number of nitrogens with zero attached hydrogens (tertiary/aromatic N) is 3. The topological polar surface area (TPSA) is 30.7 Å². The van der Waals surface area contributed by atoms with E-state index in [0.29, 0.717) is 5.92 Å². The summed E-state index contributed by atoms with van der Waals surface area (Å²) in [5, 5.41) is 4.50. The smallest absolute Gasteiger partial charge is 0.150 e. The lowest BCUT2D eigenvalue weighted by Crippen LogP contribution is -2.14. The van der Waals surface area contributed by atoms with Gasteiger partial charge < -0.3 is 0 Å². The first-order valence-corrected chi connectivity index (χ1v) is 5.25. The van der Waals surface area contributed by atoms with E-state index in [2.05, 4.69) is 28.6 Å². The van der Waals surface area contributed by atoms with E-state index in [-0.39, 0.29) is 0 Å². The molecule has 1 unspecified atom stereocenters. The van der Waals surface area contributed by atoms with Gasteiger partial charge in [0.15, 0.2) is 5.82 Å². The van der Waals surface area contributed by atoms with Gasteiger partial charge in [-0.3, -0.25) is 0 Å². The van der Waals surface area contributed by atoms with Gasteiger partial charge in [-0.1, -0.05) is 13.8 Å². The highest BCUT2D eigenvalue weighted by Gasteiger charge is 2.19. The van der Waals surface area contributed by atoms with E-state index in [1.165, 1.54) is 18.7 Å². The van der Waals surface area contributed by atoms with Crippen LogP contribution < -0.4 is 0 Å². The molecule has 0 fully saturated rings. The molecule has 0 radical (unpaired) electrons. The molecule has 3 nitrogen and oxygen atoms in total. The van der Waals surface area contributed by atoms with Crippen molar-refractivity contribution in [2.75, 3.05) is 0 Å². The van der Waals surface area contributed by atoms with E-state index in [4.69, 9.17) is 0 Å². The minimum Gasteiger partial charge on any atom is -0.250 e. The van der Waals surface area contributed by atoms with Crippen molar-refractivity contribution in [3.63, 3.8) is 0 Å². The average molecular weight is 179 g/mol. The summed E-state index contributed by atoms with van der Waals surface area (Å²) in [6.45, 7) is 5.48. The summed E-state index contributed by atoms with van der Waals surface area (Å²) in [6.07, 6.45) is 4.68. The molecule has 2 rings (SSSR count). The molecule has 0 aliphatic carbocycles. The van der Waals surface area contributed by atoms with Crippen LogP contribution in [0, 0.1) is 0 Å².